The summed E-state index contributed by atoms with van der Waals surface area (Å²) in [6.07, 6.45) is 1.23. The maximum Gasteiger partial charge on any atom is 0.407 e. The van der Waals surface area contributed by atoms with E-state index >= 15 is 0 Å². The predicted molar refractivity (Wildman–Crippen MR) is 86.3 cm³/mol. The van der Waals surface area contributed by atoms with Crippen LogP contribution in [-0.4, -0.2) is 36.3 Å². The fourth-order valence-electron chi connectivity index (χ4n) is 1.46. The van der Waals surface area contributed by atoms with Gasteiger partial charge in [-0.05, 0) is 26.8 Å². The summed E-state index contributed by atoms with van der Waals surface area (Å²) < 4.78 is 9.70. The average molecular weight is 339 g/mol. The number of nitrogens with one attached hydrogen (secondary N) is 1. The molecular formula is C16H19ClN2O4. The Labute approximate surface area is 140 Å². The molecule has 0 saturated heterocycles. The molecule has 7 heteroatoms. The second kappa shape index (κ2) is 8.39. The van der Waals surface area contributed by atoms with Crippen LogP contribution in [0.15, 0.2) is 12.3 Å². The third-order valence-corrected chi connectivity index (χ3v) is 2.70. The molecule has 0 unspecified atom stereocenters. The van der Waals surface area contributed by atoms with Gasteiger partial charge in [0.25, 0.3) is 0 Å². The highest BCUT2D eigenvalue weighted by Crippen LogP contribution is 2.13. The quantitative estimate of drug-likeness (QED) is 0.397. The number of carbonyl (C=O) groups excluding carboxylic acids is 2. The highest BCUT2D eigenvalue weighted by Gasteiger charge is 2.15. The zero-order valence-corrected chi connectivity index (χ0v) is 14.3. The van der Waals surface area contributed by atoms with Crippen LogP contribution in [0.25, 0.3) is 0 Å². The van der Waals surface area contributed by atoms with Crippen molar-refractivity contribution >= 4 is 23.7 Å². The number of ether oxygens (including phenoxy) is 2. The average Bonchev–Trinajstić information content (AvgIpc) is 2.46. The summed E-state index contributed by atoms with van der Waals surface area (Å²) in [5.74, 6) is 5.15. The molecule has 6 nitrogen and oxygen atoms in total. The topological polar surface area (TPSA) is 77.5 Å². The summed E-state index contributed by atoms with van der Waals surface area (Å²) in [7, 11) is 1.28. The van der Waals surface area contributed by atoms with Crippen LogP contribution in [0, 0.1) is 11.8 Å². The number of hydrogen-bond acceptors (Lipinski definition) is 5. The summed E-state index contributed by atoms with van der Waals surface area (Å²) in [5.41, 5.74) is 0.156. The monoisotopic (exact) mass is 338 g/mol. The first-order valence-corrected chi connectivity index (χ1v) is 7.30. The number of hydrogen-bond donors (Lipinski definition) is 1. The van der Waals surface area contributed by atoms with Crippen LogP contribution in [0.4, 0.5) is 4.79 Å². The molecule has 0 radical (unpaired) electrons. The number of esters is 1. The van der Waals surface area contributed by atoms with Gasteiger partial charge in [-0.15, -0.1) is 0 Å². The van der Waals surface area contributed by atoms with E-state index in [0.717, 1.165) is 0 Å². The minimum Gasteiger partial charge on any atom is -0.465 e. The van der Waals surface area contributed by atoms with Gasteiger partial charge in [-0.2, -0.15) is 0 Å². The van der Waals surface area contributed by atoms with Gasteiger partial charge in [0.05, 0.1) is 18.2 Å². The van der Waals surface area contributed by atoms with Gasteiger partial charge in [-0.3, -0.25) is 0 Å². The molecule has 0 bridgehead atoms. The van der Waals surface area contributed by atoms with Gasteiger partial charge >= 0.3 is 12.1 Å². The van der Waals surface area contributed by atoms with Crippen LogP contribution in [0.1, 0.15) is 43.1 Å². The first kappa shape index (κ1) is 18.8. The lowest BCUT2D eigenvalue weighted by atomic mass is 10.2. The maximum atomic E-state index is 11.4. The molecule has 1 aromatic rings. The molecule has 1 N–H and O–H groups in total. The standard InChI is InChI=1S/C16H19ClN2O4/c1-16(2,3)23-15(21)18-8-6-5-7-11-9-12(14(20)22-4)10-19-13(11)17/h9-10H,6,8H2,1-4H3,(H,18,21). The number of pyridine rings is 1. The molecule has 23 heavy (non-hydrogen) atoms. The van der Waals surface area contributed by atoms with Gasteiger partial charge in [0.15, 0.2) is 0 Å². The molecule has 0 aliphatic rings. The van der Waals surface area contributed by atoms with E-state index in [1.165, 1.54) is 19.4 Å². The van der Waals surface area contributed by atoms with E-state index in [1.54, 1.807) is 20.8 Å². The molecule has 1 amide bonds. The summed E-state index contributed by atoms with van der Waals surface area (Å²) in [6, 6.07) is 1.51. The molecule has 0 saturated carbocycles. The van der Waals surface area contributed by atoms with Crippen LogP contribution in [0.2, 0.25) is 5.15 Å². The van der Waals surface area contributed by atoms with Gasteiger partial charge in [-0.25, -0.2) is 14.6 Å². The Balaban J connectivity index is 2.57. The minimum atomic E-state index is -0.538. The van der Waals surface area contributed by atoms with Crippen LogP contribution in [0.5, 0.6) is 0 Å². The molecule has 0 aliphatic heterocycles. The fourth-order valence-corrected chi connectivity index (χ4v) is 1.61. The molecule has 1 aromatic heterocycles. The molecule has 0 aliphatic carbocycles. The van der Waals surface area contributed by atoms with Crippen LogP contribution < -0.4 is 5.32 Å². The summed E-state index contributed by atoms with van der Waals surface area (Å²) in [6.45, 7) is 5.70. The number of halogens is 1. The van der Waals surface area contributed by atoms with Crippen molar-refractivity contribution in [1.82, 2.24) is 10.3 Å². The number of methoxy groups -OCH3 is 1. The summed E-state index contributed by atoms with van der Waals surface area (Å²) in [5, 5.41) is 2.79. The van der Waals surface area contributed by atoms with Crippen molar-refractivity contribution in [3.05, 3.63) is 28.5 Å². The third-order valence-electron chi connectivity index (χ3n) is 2.40. The Morgan fingerprint density at radius 2 is 2.09 bits per heavy atom. The Morgan fingerprint density at radius 1 is 1.39 bits per heavy atom. The van der Waals surface area contributed by atoms with Crippen molar-refractivity contribution in [2.45, 2.75) is 32.8 Å². The van der Waals surface area contributed by atoms with E-state index in [0.29, 0.717) is 18.5 Å². The number of nitrogens with zero attached hydrogens (tertiary/aromatic N) is 1. The highest BCUT2D eigenvalue weighted by atomic mass is 35.5. The third kappa shape index (κ3) is 7.02. The van der Waals surface area contributed by atoms with Crippen molar-refractivity contribution in [3.63, 3.8) is 0 Å². The Hall–Kier alpha value is -2.26. The fraction of sp³-hybridized carbons (Fsp3) is 0.438. The highest BCUT2D eigenvalue weighted by molar-refractivity contribution is 6.30. The zero-order valence-electron chi connectivity index (χ0n) is 13.5. The van der Waals surface area contributed by atoms with Crippen molar-refractivity contribution in [1.29, 1.82) is 0 Å². The smallest absolute Gasteiger partial charge is 0.407 e. The molecule has 0 fully saturated rings. The van der Waals surface area contributed by atoms with Gasteiger partial charge in [0, 0.05) is 19.2 Å². The predicted octanol–water partition coefficient (Wildman–Crippen LogP) is 2.79. The van der Waals surface area contributed by atoms with Crippen molar-refractivity contribution in [2.24, 2.45) is 0 Å². The summed E-state index contributed by atoms with van der Waals surface area (Å²) >= 11 is 5.92. The molecule has 1 rings (SSSR count). The second-order valence-corrected chi connectivity index (χ2v) is 5.89. The van der Waals surface area contributed by atoms with Crippen molar-refractivity contribution < 1.29 is 19.1 Å². The van der Waals surface area contributed by atoms with E-state index < -0.39 is 17.7 Å². The Bertz CT molecular complexity index is 642. The number of carbonyl (C=O) groups is 2. The van der Waals surface area contributed by atoms with E-state index in [4.69, 9.17) is 16.3 Å². The largest absolute Gasteiger partial charge is 0.465 e. The number of aromatic nitrogens is 1. The van der Waals surface area contributed by atoms with Gasteiger partial charge in [-0.1, -0.05) is 23.4 Å². The summed E-state index contributed by atoms with van der Waals surface area (Å²) in [4.78, 5) is 26.7. The lowest BCUT2D eigenvalue weighted by molar-refractivity contribution is 0.0527. The SMILES string of the molecule is COC(=O)c1cnc(Cl)c(C#CCCNC(=O)OC(C)(C)C)c1. The lowest BCUT2D eigenvalue weighted by Gasteiger charge is -2.19. The van der Waals surface area contributed by atoms with Gasteiger partial charge in [0.1, 0.15) is 10.8 Å². The van der Waals surface area contributed by atoms with Crippen molar-refractivity contribution in [2.75, 3.05) is 13.7 Å². The molecule has 0 atom stereocenters. The number of alkyl carbamates (subject to hydrolysis) is 1. The Morgan fingerprint density at radius 3 is 2.70 bits per heavy atom. The molecular weight excluding hydrogens is 320 g/mol. The normalized spacial score (nSPS) is 10.3. The van der Waals surface area contributed by atoms with Crippen molar-refractivity contribution in [3.8, 4) is 11.8 Å². The second-order valence-electron chi connectivity index (χ2n) is 5.53. The number of rotatable bonds is 3. The Kier molecular flexibility index (Phi) is 6.86. The van der Waals surface area contributed by atoms with Crippen LogP contribution in [0.3, 0.4) is 0 Å². The van der Waals surface area contributed by atoms with Crippen LogP contribution >= 0.6 is 11.6 Å². The molecule has 0 spiro atoms. The van der Waals surface area contributed by atoms with E-state index in [2.05, 4.69) is 26.9 Å². The van der Waals surface area contributed by atoms with E-state index in [1.807, 2.05) is 0 Å². The van der Waals surface area contributed by atoms with Crippen LogP contribution in [-0.2, 0) is 9.47 Å². The first-order chi connectivity index (χ1) is 10.7. The van der Waals surface area contributed by atoms with E-state index in [9.17, 15) is 9.59 Å². The molecule has 0 aromatic carbocycles. The van der Waals surface area contributed by atoms with E-state index in [-0.39, 0.29) is 10.7 Å². The first-order valence-electron chi connectivity index (χ1n) is 6.92. The molecule has 124 valence electrons. The molecule has 1 heterocycles. The maximum absolute atomic E-state index is 11.4. The zero-order chi connectivity index (χ0) is 17.5. The van der Waals surface area contributed by atoms with Gasteiger partial charge in [0.2, 0.25) is 0 Å². The minimum absolute atomic E-state index is 0.199. The number of amides is 1. The van der Waals surface area contributed by atoms with Gasteiger partial charge < -0.3 is 14.8 Å². The lowest BCUT2D eigenvalue weighted by Crippen LogP contribution is -2.32.